The number of cyclic esters (lactones) is 1. The summed E-state index contributed by atoms with van der Waals surface area (Å²) in [6, 6.07) is 8.27. The second kappa shape index (κ2) is 7.98. The molecule has 1 aromatic carbocycles. The smallest absolute Gasteiger partial charge is 0.306 e. The number of nitrogens with zero attached hydrogens (tertiary/aromatic N) is 1. The molecule has 3 saturated heterocycles. The predicted octanol–water partition coefficient (Wildman–Crippen LogP) is 4.98. The molecule has 3 saturated carbocycles. The molecule has 42 heavy (non-hydrogen) atoms. The molecule has 1 N–H and O–H groups in total. The van der Waals surface area contributed by atoms with E-state index in [1.165, 1.54) is 6.92 Å². The van der Waals surface area contributed by atoms with Gasteiger partial charge in [-0.05, 0) is 83.1 Å². The number of rotatable bonds is 1. The summed E-state index contributed by atoms with van der Waals surface area (Å²) in [7, 11) is 0. The number of fused-ring (bicyclic) bond motifs is 10. The quantitative estimate of drug-likeness (QED) is 0.472. The van der Waals surface area contributed by atoms with E-state index in [2.05, 4.69) is 44.3 Å². The molecule has 4 heterocycles. The molecule has 0 bridgehead atoms. The molecule has 0 radical (unpaired) electrons. The molecule has 7 aliphatic rings. The number of benzene rings is 1. The summed E-state index contributed by atoms with van der Waals surface area (Å²) in [6.45, 7) is 12.5. The second-order valence-electron chi connectivity index (χ2n) is 15.8. The largest absolute Gasteiger partial charge is 0.462 e. The average molecular weight is 577 g/mol. The summed E-state index contributed by atoms with van der Waals surface area (Å²) in [4.78, 5) is 41.3. The van der Waals surface area contributed by atoms with Crippen molar-refractivity contribution in [2.45, 2.75) is 128 Å². The van der Waals surface area contributed by atoms with E-state index in [0.29, 0.717) is 12.8 Å². The lowest BCUT2D eigenvalue weighted by Crippen LogP contribution is -2.66. The van der Waals surface area contributed by atoms with Crippen LogP contribution in [0.15, 0.2) is 24.3 Å². The zero-order chi connectivity index (χ0) is 29.7. The minimum atomic E-state index is -0.685. The van der Waals surface area contributed by atoms with Gasteiger partial charge in [-0.1, -0.05) is 32.0 Å². The first-order chi connectivity index (χ1) is 19.7. The SMILES string of the molecule is CC(=O)OC1CC2C(C)(C)OC(=O)CCC2(C)C2CCC3(C)OC4(CC3C12C)c1ccccc1N1C(=O)C2(CC2)NC14. The summed E-state index contributed by atoms with van der Waals surface area (Å²) < 4.78 is 19.8. The molecule has 1 aromatic rings. The molecule has 8 heteroatoms. The maximum Gasteiger partial charge on any atom is 0.306 e. The van der Waals surface area contributed by atoms with Gasteiger partial charge in [0.05, 0.1) is 11.3 Å². The number of carbonyl (C=O) groups is 3. The lowest BCUT2D eigenvalue weighted by Gasteiger charge is -2.66. The van der Waals surface area contributed by atoms with Gasteiger partial charge in [-0.3, -0.25) is 24.6 Å². The number of nitrogens with one attached hydrogen (secondary N) is 1. The Bertz CT molecular complexity index is 1420. The van der Waals surface area contributed by atoms with Crippen molar-refractivity contribution in [1.29, 1.82) is 0 Å². The molecule has 3 aliphatic carbocycles. The van der Waals surface area contributed by atoms with Crippen LogP contribution in [0.25, 0.3) is 0 Å². The Morgan fingerprint density at radius 1 is 1.00 bits per heavy atom. The van der Waals surface area contributed by atoms with Gasteiger partial charge in [0.2, 0.25) is 5.91 Å². The highest BCUT2D eigenvalue weighted by Gasteiger charge is 2.77. The van der Waals surface area contributed by atoms with Crippen LogP contribution >= 0.6 is 0 Å². The Hall–Kier alpha value is -2.45. The fourth-order valence-electron chi connectivity index (χ4n) is 11.5. The van der Waals surface area contributed by atoms with Gasteiger partial charge in [0.1, 0.15) is 29.0 Å². The van der Waals surface area contributed by atoms with Crippen molar-refractivity contribution in [2.24, 2.45) is 28.6 Å². The molecule has 1 amide bonds. The Labute approximate surface area is 248 Å². The highest BCUT2D eigenvalue weighted by atomic mass is 16.6. The molecule has 8 nitrogen and oxygen atoms in total. The molecular weight excluding hydrogens is 532 g/mol. The summed E-state index contributed by atoms with van der Waals surface area (Å²) in [5, 5.41) is 3.78. The van der Waals surface area contributed by atoms with Crippen LogP contribution in [0.2, 0.25) is 0 Å². The van der Waals surface area contributed by atoms with Crippen molar-refractivity contribution in [3.63, 3.8) is 0 Å². The van der Waals surface area contributed by atoms with Crippen molar-refractivity contribution in [2.75, 3.05) is 4.90 Å². The molecule has 9 unspecified atom stereocenters. The minimum absolute atomic E-state index is 0.0612. The van der Waals surface area contributed by atoms with Crippen molar-refractivity contribution < 1.29 is 28.6 Å². The third kappa shape index (κ3) is 3.13. The molecule has 0 aromatic heterocycles. The van der Waals surface area contributed by atoms with Crippen molar-refractivity contribution in [1.82, 2.24) is 5.32 Å². The maximum atomic E-state index is 13.8. The van der Waals surface area contributed by atoms with Crippen LogP contribution in [0, 0.1) is 28.6 Å². The highest BCUT2D eigenvalue weighted by Crippen LogP contribution is 2.73. The molecule has 8 rings (SSSR count). The van der Waals surface area contributed by atoms with E-state index in [1.54, 1.807) is 0 Å². The van der Waals surface area contributed by atoms with E-state index in [0.717, 1.165) is 49.8 Å². The van der Waals surface area contributed by atoms with E-state index >= 15 is 0 Å². The topological polar surface area (TPSA) is 94.2 Å². The Morgan fingerprint density at radius 3 is 2.45 bits per heavy atom. The summed E-state index contributed by atoms with van der Waals surface area (Å²) in [5.41, 5.74) is -0.783. The Balaban J connectivity index is 1.27. The van der Waals surface area contributed by atoms with Gasteiger partial charge in [-0.2, -0.15) is 0 Å². The van der Waals surface area contributed by atoms with Crippen molar-refractivity contribution >= 4 is 23.5 Å². The molecule has 2 spiro atoms. The van der Waals surface area contributed by atoms with Crippen LogP contribution in [-0.2, 0) is 34.2 Å². The Kier molecular flexibility index (Phi) is 5.15. The first kappa shape index (κ1) is 27.1. The van der Waals surface area contributed by atoms with Gasteiger partial charge < -0.3 is 14.2 Å². The monoisotopic (exact) mass is 576 g/mol. The molecule has 4 aliphatic heterocycles. The number of esters is 2. The number of hydrogen-bond acceptors (Lipinski definition) is 7. The average Bonchev–Trinajstić information content (AvgIpc) is 3.48. The third-order valence-electron chi connectivity index (χ3n) is 13.3. The highest BCUT2D eigenvalue weighted by molar-refractivity contribution is 6.07. The summed E-state index contributed by atoms with van der Waals surface area (Å²) >= 11 is 0. The van der Waals surface area contributed by atoms with E-state index in [4.69, 9.17) is 14.2 Å². The van der Waals surface area contributed by atoms with Crippen LogP contribution in [0.4, 0.5) is 5.69 Å². The number of carbonyl (C=O) groups excluding carboxylic acids is 3. The third-order valence-corrected chi connectivity index (χ3v) is 13.3. The van der Waals surface area contributed by atoms with E-state index in [-0.39, 0.29) is 58.7 Å². The van der Waals surface area contributed by atoms with Crippen LogP contribution < -0.4 is 10.2 Å². The summed E-state index contributed by atoms with van der Waals surface area (Å²) in [6.07, 6.45) is 5.48. The van der Waals surface area contributed by atoms with Gasteiger partial charge in [0, 0.05) is 36.2 Å². The molecule has 226 valence electrons. The van der Waals surface area contributed by atoms with Crippen LogP contribution in [0.5, 0.6) is 0 Å². The standard InChI is InChI=1S/C34H44N2O6/c1-19(37)40-25-17-23-29(2,3)41-26(38)12-13-30(23,4)22-11-14-31(5)24(32(22,25)6)18-34(42-31)20-9-7-8-10-21(20)36-27(34)35-33(15-16-33)28(36)39/h7-10,22-25,27,35H,11-18H2,1-6H3. The fourth-order valence-corrected chi connectivity index (χ4v) is 11.5. The normalized spacial score (nSPS) is 47.2. The van der Waals surface area contributed by atoms with Crippen LogP contribution in [0.3, 0.4) is 0 Å². The van der Waals surface area contributed by atoms with E-state index < -0.39 is 22.3 Å². The number of ether oxygens (including phenoxy) is 3. The molecule has 9 atom stereocenters. The van der Waals surface area contributed by atoms with Crippen molar-refractivity contribution in [3.8, 4) is 0 Å². The molecular formula is C34H44N2O6. The first-order valence-electron chi connectivity index (χ1n) is 16.0. The number of anilines is 1. The maximum absolute atomic E-state index is 13.8. The zero-order valence-corrected chi connectivity index (χ0v) is 25.7. The minimum Gasteiger partial charge on any atom is -0.462 e. The molecule has 6 fully saturated rings. The van der Waals surface area contributed by atoms with E-state index in [1.807, 2.05) is 24.8 Å². The van der Waals surface area contributed by atoms with E-state index in [9.17, 15) is 14.4 Å². The fraction of sp³-hybridized carbons (Fsp3) is 0.735. The lowest BCUT2D eigenvalue weighted by atomic mass is 9.40. The van der Waals surface area contributed by atoms with Crippen LogP contribution in [-0.4, -0.2) is 46.9 Å². The lowest BCUT2D eigenvalue weighted by molar-refractivity contribution is -0.248. The summed E-state index contributed by atoms with van der Waals surface area (Å²) in [5.74, 6) is 0.100. The predicted molar refractivity (Wildman–Crippen MR) is 154 cm³/mol. The number of amides is 1. The van der Waals surface area contributed by atoms with Crippen molar-refractivity contribution in [3.05, 3.63) is 29.8 Å². The zero-order valence-electron chi connectivity index (χ0n) is 25.7. The second-order valence-corrected chi connectivity index (χ2v) is 15.8. The van der Waals surface area contributed by atoms with Gasteiger partial charge in [0.15, 0.2) is 0 Å². The van der Waals surface area contributed by atoms with Gasteiger partial charge in [-0.25, -0.2) is 0 Å². The van der Waals surface area contributed by atoms with Gasteiger partial charge in [-0.15, -0.1) is 0 Å². The Morgan fingerprint density at radius 2 is 1.74 bits per heavy atom. The first-order valence-corrected chi connectivity index (χ1v) is 16.0. The van der Waals surface area contributed by atoms with Gasteiger partial charge >= 0.3 is 11.9 Å². The number of para-hydroxylation sites is 1. The number of hydrogen-bond donors (Lipinski definition) is 1. The van der Waals surface area contributed by atoms with Crippen LogP contribution in [0.1, 0.15) is 98.5 Å². The van der Waals surface area contributed by atoms with Gasteiger partial charge in [0.25, 0.3) is 0 Å².